The van der Waals surface area contributed by atoms with E-state index in [0.29, 0.717) is 12.5 Å². The lowest BCUT2D eigenvalue weighted by atomic mass is 10.2. The maximum atomic E-state index is 5.91. The van der Waals surface area contributed by atoms with E-state index in [-0.39, 0.29) is 6.10 Å². The Hall–Kier alpha value is -1.79. The number of nitrogens with one attached hydrogen (secondary N) is 2. The third-order valence-corrected chi connectivity index (χ3v) is 4.24. The maximum absolute atomic E-state index is 5.91. The molecular formula is C20H34N4O2. The zero-order valence-corrected chi connectivity index (χ0v) is 16.6. The number of methoxy groups -OCH3 is 1. The van der Waals surface area contributed by atoms with E-state index in [1.165, 1.54) is 0 Å². The van der Waals surface area contributed by atoms with Crippen LogP contribution in [0.5, 0.6) is 5.75 Å². The molecular weight excluding hydrogens is 328 g/mol. The highest BCUT2D eigenvalue weighted by molar-refractivity contribution is 5.79. The minimum atomic E-state index is 0.197. The molecule has 1 heterocycles. The lowest BCUT2D eigenvalue weighted by Crippen LogP contribution is -2.50. The zero-order valence-electron chi connectivity index (χ0n) is 16.6. The van der Waals surface area contributed by atoms with Gasteiger partial charge in [0.25, 0.3) is 0 Å². The first-order valence-corrected chi connectivity index (χ1v) is 9.59. The van der Waals surface area contributed by atoms with Gasteiger partial charge in [-0.15, -0.1) is 0 Å². The number of nitrogens with zero attached hydrogens (tertiary/aromatic N) is 2. The van der Waals surface area contributed by atoms with Crippen molar-refractivity contribution in [1.82, 2.24) is 15.5 Å². The third kappa shape index (κ3) is 7.22. The van der Waals surface area contributed by atoms with Crippen molar-refractivity contribution in [3.8, 4) is 5.75 Å². The molecule has 1 unspecified atom stereocenters. The summed E-state index contributed by atoms with van der Waals surface area (Å²) in [5, 5.41) is 6.72. The van der Waals surface area contributed by atoms with Crippen molar-refractivity contribution < 1.29 is 9.47 Å². The fourth-order valence-electron chi connectivity index (χ4n) is 3.08. The van der Waals surface area contributed by atoms with Gasteiger partial charge in [-0.05, 0) is 30.5 Å². The Morgan fingerprint density at radius 1 is 1.38 bits per heavy atom. The number of guanidine groups is 1. The molecule has 6 heteroatoms. The van der Waals surface area contributed by atoms with Gasteiger partial charge in [0.15, 0.2) is 5.96 Å². The van der Waals surface area contributed by atoms with Gasteiger partial charge in [0.1, 0.15) is 5.75 Å². The van der Waals surface area contributed by atoms with Gasteiger partial charge >= 0.3 is 0 Å². The van der Waals surface area contributed by atoms with E-state index in [2.05, 4.69) is 47.4 Å². The lowest BCUT2D eigenvalue weighted by molar-refractivity contribution is -0.0284. The molecule has 1 aliphatic rings. The predicted molar refractivity (Wildman–Crippen MR) is 107 cm³/mol. The molecule has 1 fully saturated rings. The summed E-state index contributed by atoms with van der Waals surface area (Å²) in [4.78, 5) is 7.17. The summed E-state index contributed by atoms with van der Waals surface area (Å²) in [7, 11) is 1.68. The van der Waals surface area contributed by atoms with E-state index in [1.807, 2.05) is 18.2 Å². The average Bonchev–Trinajstić information content (AvgIpc) is 2.64. The minimum absolute atomic E-state index is 0.197. The molecule has 1 aromatic carbocycles. The molecule has 2 rings (SSSR count). The molecule has 146 valence electrons. The molecule has 0 aromatic heterocycles. The van der Waals surface area contributed by atoms with Crippen LogP contribution in [0.2, 0.25) is 0 Å². The average molecular weight is 363 g/mol. The molecule has 0 amide bonds. The summed E-state index contributed by atoms with van der Waals surface area (Å²) in [6, 6.07) is 8.01. The zero-order chi connectivity index (χ0) is 18.8. The Morgan fingerprint density at radius 2 is 2.23 bits per heavy atom. The van der Waals surface area contributed by atoms with Crippen LogP contribution >= 0.6 is 0 Å². The second-order valence-corrected chi connectivity index (χ2v) is 7.07. The van der Waals surface area contributed by atoms with Crippen LogP contribution < -0.4 is 15.4 Å². The van der Waals surface area contributed by atoms with Gasteiger partial charge in [0, 0.05) is 32.7 Å². The van der Waals surface area contributed by atoms with Crippen LogP contribution in [0.15, 0.2) is 29.3 Å². The molecule has 0 saturated carbocycles. The van der Waals surface area contributed by atoms with Crippen LogP contribution in [0.1, 0.15) is 26.3 Å². The van der Waals surface area contributed by atoms with Crippen molar-refractivity contribution in [2.75, 3.05) is 46.4 Å². The van der Waals surface area contributed by atoms with Crippen molar-refractivity contribution in [3.05, 3.63) is 29.8 Å². The normalized spacial score (nSPS) is 18.8. The number of benzene rings is 1. The van der Waals surface area contributed by atoms with E-state index in [1.54, 1.807) is 7.11 Å². The number of morpholine rings is 1. The summed E-state index contributed by atoms with van der Waals surface area (Å²) in [6.07, 6.45) is 0.197. The maximum Gasteiger partial charge on any atom is 0.191 e. The van der Waals surface area contributed by atoms with E-state index in [4.69, 9.17) is 9.47 Å². The number of rotatable bonds is 8. The molecule has 1 aliphatic heterocycles. The first-order chi connectivity index (χ1) is 12.6. The number of ether oxygens (including phenoxy) is 2. The Morgan fingerprint density at radius 3 is 2.96 bits per heavy atom. The molecule has 1 atom stereocenters. The summed E-state index contributed by atoms with van der Waals surface area (Å²) >= 11 is 0. The molecule has 1 saturated heterocycles. The molecule has 0 bridgehead atoms. The Bertz CT molecular complexity index is 562. The van der Waals surface area contributed by atoms with E-state index in [0.717, 1.165) is 56.6 Å². The van der Waals surface area contributed by atoms with Crippen molar-refractivity contribution in [1.29, 1.82) is 0 Å². The van der Waals surface area contributed by atoms with Gasteiger partial charge in [0.2, 0.25) is 0 Å². The van der Waals surface area contributed by atoms with Crippen LogP contribution in [0.25, 0.3) is 0 Å². The summed E-state index contributed by atoms with van der Waals surface area (Å²) in [6.45, 7) is 12.7. The van der Waals surface area contributed by atoms with E-state index < -0.39 is 0 Å². The van der Waals surface area contributed by atoms with Crippen molar-refractivity contribution in [2.45, 2.75) is 33.4 Å². The van der Waals surface area contributed by atoms with Gasteiger partial charge in [-0.3, -0.25) is 4.90 Å². The van der Waals surface area contributed by atoms with Crippen molar-refractivity contribution in [3.63, 3.8) is 0 Å². The van der Waals surface area contributed by atoms with Crippen molar-refractivity contribution >= 4 is 5.96 Å². The van der Waals surface area contributed by atoms with Gasteiger partial charge in [-0.1, -0.05) is 26.0 Å². The van der Waals surface area contributed by atoms with Gasteiger partial charge in [-0.25, -0.2) is 4.99 Å². The second kappa shape index (κ2) is 11.0. The van der Waals surface area contributed by atoms with Crippen LogP contribution in [0.4, 0.5) is 0 Å². The topological polar surface area (TPSA) is 58.1 Å². The smallest absolute Gasteiger partial charge is 0.191 e. The number of aliphatic imine (C=N–C) groups is 1. The number of hydrogen-bond acceptors (Lipinski definition) is 4. The van der Waals surface area contributed by atoms with Crippen LogP contribution in [0.3, 0.4) is 0 Å². The molecule has 0 aliphatic carbocycles. The number of hydrogen-bond donors (Lipinski definition) is 2. The Kier molecular flexibility index (Phi) is 8.71. The summed E-state index contributed by atoms with van der Waals surface area (Å²) < 4.78 is 11.2. The van der Waals surface area contributed by atoms with Gasteiger partial charge in [0.05, 0.1) is 26.4 Å². The van der Waals surface area contributed by atoms with Crippen LogP contribution in [-0.4, -0.2) is 63.4 Å². The molecule has 0 spiro atoms. The predicted octanol–water partition coefficient (Wildman–Crippen LogP) is 2.11. The van der Waals surface area contributed by atoms with E-state index in [9.17, 15) is 0 Å². The summed E-state index contributed by atoms with van der Waals surface area (Å²) in [5.74, 6) is 2.36. The van der Waals surface area contributed by atoms with Gasteiger partial charge < -0.3 is 20.1 Å². The molecule has 6 nitrogen and oxygen atoms in total. The largest absolute Gasteiger partial charge is 0.497 e. The monoisotopic (exact) mass is 362 g/mol. The Labute approximate surface area is 158 Å². The van der Waals surface area contributed by atoms with Crippen molar-refractivity contribution in [2.24, 2.45) is 10.9 Å². The SMILES string of the molecule is CCNC(=NCc1cccc(OC)c1)NCC1CN(CC(C)C)CCO1. The van der Waals surface area contributed by atoms with Gasteiger partial charge in [-0.2, -0.15) is 0 Å². The highest BCUT2D eigenvalue weighted by Gasteiger charge is 2.21. The molecule has 0 radical (unpaired) electrons. The quantitative estimate of drug-likeness (QED) is 0.548. The molecule has 26 heavy (non-hydrogen) atoms. The first kappa shape index (κ1) is 20.5. The fourth-order valence-corrected chi connectivity index (χ4v) is 3.08. The highest BCUT2D eigenvalue weighted by atomic mass is 16.5. The van der Waals surface area contributed by atoms with Crippen LogP contribution in [0, 0.1) is 5.92 Å². The van der Waals surface area contributed by atoms with Crippen LogP contribution in [-0.2, 0) is 11.3 Å². The fraction of sp³-hybridized carbons (Fsp3) is 0.650. The lowest BCUT2D eigenvalue weighted by Gasteiger charge is -2.34. The molecule has 2 N–H and O–H groups in total. The highest BCUT2D eigenvalue weighted by Crippen LogP contribution is 2.13. The minimum Gasteiger partial charge on any atom is -0.497 e. The standard InChI is InChI=1S/C20H34N4O2/c1-5-21-20(22-12-17-7-6-8-18(11-17)25-4)23-13-19-15-24(9-10-26-19)14-16(2)3/h6-8,11,16,19H,5,9-10,12-15H2,1-4H3,(H2,21,22,23). The summed E-state index contributed by atoms with van der Waals surface area (Å²) in [5.41, 5.74) is 1.12. The van der Waals surface area contributed by atoms with E-state index >= 15 is 0 Å². The first-order valence-electron chi connectivity index (χ1n) is 9.59. The second-order valence-electron chi connectivity index (χ2n) is 7.07. The Balaban J connectivity index is 1.86. The third-order valence-electron chi connectivity index (χ3n) is 4.24. The molecule has 1 aromatic rings.